The SMILES string of the molecule is CCn1c(NNC(=O)CC2c3ccccc3C=CN2C(C)=O)nc2ccccc2c1=O. The fourth-order valence-electron chi connectivity index (χ4n) is 3.82. The molecule has 0 radical (unpaired) electrons. The monoisotopic (exact) mass is 417 g/mol. The van der Waals surface area contributed by atoms with Crippen molar-refractivity contribution < 1.29 is 9.59 Å². The second kappa shape index (κ2) is 8.43. The maximum Gasteiger partial charge on any atom is 0.262 e. The quantitative estimate of drug-likeness (QED) is 0.623. The molecule has 158 valence electrons. The van der Waals surface area contributed by atoms with Gasteiger partial charge in [-0.1, -0.05) is 36.4 Å². The first-order chi connectivity index (χ1) is 15.0. The Morgan fingerprint density at radius 1 is 1.10 bits per heavy atom. The molecule has 0 spiro atoms. The van der Waals surface area contributed by atoms with Gasteiger partial charge in [0.15, 0.2) is 0 Å². The van der Waals surface area contributed by atoms with E-state index < -0.39 is 6.04 Å². The molecule has 8 nitrogen and oxygen atoms in total. The number of nitrogens with one attached hydrogen (secondary N) is 2. The average molecular weight is 417 g/mol. The van der Waals surface area contributed by atoms with Gasteiger partial charge in [0.25, 0.3) is 5.56 Å². The third kappa shape index (κ3) is 3.92. The van der Waals surface area contributed by atoms with E-state index in [1.165, 1.54) is 11.5 Å². The number of carbonyl (C=O) groups excluding carboxylic acids is 2. The second-order valence-corrected chi connectivity index (χ2v) is 7.27. The molecule has 0 aliphatic carbocycles. The zero-order chi connectivity index (χ0) is 22.0. The number of carbonyl (C=O) groups is 2. The summed E-state index contributed by atoms with van der Waals surface area (Å²) in [4.78, 5) is 43.6. The Balaban J connectivity index is 1.55. The average Bonchev–Trinajstić information content (AvgIpc) is 2.78. The Kier molecular flexibility index (Phi) is 5.53. The highest BCUT2D eigenvalue weighted by atomic mass is 16.2. The van der Waals surface area contributed by atoms with Crippen LogP contribution in [-0.2, 0) is 16.1 Å². The van der Waals surface area contributed by atoms with Gasteiger partial charge in [0.05, 0.1) is 23.4 Å². The molecule has 0 fully saturated rings. The highest BCUT2D eigenvalue weighted by molar-refractivity contribution is 5.83. The zero-order valence-electron chi connectivity index (χ0n) is 17.3. The van der Waals surface area contributed by atoms with E-state index in [-0.39, 0.29) is 29.7 Å². The Bertz CT molecular complexity index is 1250. The smallest absolute Gasteiger partial charge is 0.262 e. The molecule has 2 aromatic carbocycles. The Labute approximate surface area is 179 Å². The van der Waals surface area contributed by atoms with Gasteiger partial charge in [0, 0.05) is 19.7 Å². The summed E-state index contributed by atoms with van der Waals surface area (Å²) in [6, 6.07) is 14.3. The molecule has 4 rings (SSSR count). The first-order valence-corrected chi connectivity index (χ1v) is 10.1. The highest BCUT2D eigenvalue weighted by Crippen LogP contribution is 2.32. The fourth-order valence-corrected chi connectivity index (χ4v) is 3.82. The second-order valence-electron chi connectivity index (χ2n) is 7.27. The Hall–Kier alpha value is -3.94. The van der Waals surface area contributed by atoms with Crippen LogP contribution in [0.4, 0.5) is 5.95 Å². The van der Waals surface area contributed by atoms with Gasteiger partial charge in [-0.3, -0.25) is 29.8 Å². The molecule has 31 heavy (non-hydrogen) atoms. The maximum atomic E-state index is 12.8. The van der Waals surface area contributed by atoms with Gasteiger partial charge in [0.1, 0.15) is 0 Å². The van der Waals surface area contributed by atoms with E-state index in [9.17, 15) is 14.4 Å². The number of anilines is 1. The van der Waals surface area contributed by atoms with Gasteiger partial charge >= 0.3 is 0 Å². The summed E-state index contributed by atoms with van der Waals surface area (Å²) in [5.74, 6) is -0.217. The number of rotatable bonds is 5. The predicted octanol–water partition coefficient (Wildman–Crippen LogP) is 2.82. The van der Waals surface area contributed by atoms with Gasteiger partial charge < -0.3 is 4.90 Å². The van der Waals surface area contributed by atoms with Crippen LogP contribution in [0.5, 0.6) is 0 Å². The summed E-state index contributed by atoms with van der Waals surface area (Å²) in [5, 5.41) is 0.518. The molecule has 1 atom stereocenters. The van der Waals surface area contributed by atoms with Crippen molar-refractivity contribution in [2.45, 2.75) is 32.9 Å². The van der Waals surface area contributed by atoms with Crippen LogP contribution in [0.15, 0.2) is 59.5 Å². The predicted molar refractivity (Wildman–Crippen MR) is 119 cm³/mol. The van der Waals surface area contributed by atoms with Crippen molar-refractivity contribution in [2.24, 2.45) is 0 Å². The molecule has 1 unspecified atom stereocenters. The van der Waals surface area contributed by atoms with Crippen LogP contribution < -0.4 is 16.4 Å². The van der Waals surface area contributed by atoms with Crippen molar-refractivity contribution in [1.82, 2.24) is 19.9 Å². The van der Waals surface area contributed by atoms with Crippen LogP contribution >= 0.6 is 0 Å². The minimum absolute atomic E-state index is 0.0534. The number of fused-ring (bicyclic) bond motifs is 2. The van der Waals surface area contributed by atoms with Crippen LogP contribution in [0.25, 0.3) is 17.0 Å². The number of para-hydroxylation sites is 1. The highest BCUT2D eigenvalue weighted by Gasteiger charge is 2.28. The minimum Gasteiger partial charge on any atom is -0.311 e. The Morgan fingerprint density at radius 2 is 1.84 bits per heavy atom. The minimum atomic E-state index is -0.418. The van der Waals surface area contributed by atoms with Gasteiger partial charge in [0.2, 0.25) is 17.8 Å². The van der Waals surface area contributed by atoms with Gasteiger partial charge in [-0.2, -0.15) is 0 Å². The largest absolute Gasteiger partial charge is 0.311 e. The molecule has 0 bridgehead atoms. The lowest BCUT2D eigenvalue weighted by atomic mass is 9.93. The van der Waals surface area contributed by atoms with E-state index in [4.69, 9.17) is 0 Å². The number of hydrazine groups is 1. The van der Waals surface area contributed by atoms with Crippen LogP contribution in [0.3, 0.4) is 0 Å². The fraction of sp³-hybridized carbons (Fsp3) is 0.217. The summed E-state index contributed by atoms with van der Waals surface area (Å²) in [6.45, 7) is 3.70. The van der Waals surface area contributed by atoms with Crippen molar-refractivity contribution in [2.75, 3.05) is 5.43 Å². The molecule has 1 aliphatic heterocycles. The van der Waals surface area contributed by atoms with Crippen molar-refractivity contribution >= 4 is 34.7 Å². The van der Waals surface area contributed by atoms with Crippen molar-refractivity contribution in [1.29, 1.82) is 0 Å². The number of hydrogen-bond acceptors (Lipinski definition) is 5. The van der Waals surface area contributed by atoms with Crippen molar-refractivity contribution in [3.8, 4) is 0 Å². The van der Waals surface area contributed by atoms with Crippen LogP contribution in [0.1, 0.15) is 37.4 Å². The molecule has 2 heterocycles. The van der Waals surface area contributed by atoms with E-state index in [1.54, 1.807) is 35.4 Å². The summed E-state index contributed by atoms with van der Waals surface area (Å²) in [7, 11) is 0. The lowest BCUT2D eigenvalue weighted by Crippen LogP contribution is -2.38. The zero-order valence-corrected chi connectivity index (χ0v) is 17.3. The first kappa shape index (κ1) is 20.3. The van der Waals surface area contributed by atoms with E-state index in [0.29, 0.717) is 17.4 Å². The molecular weight excluding hydrogens is 394 g/mol. The van der Waals surface area contributed by atoms with E-state index >= 15 is 0 Å². The molecule has 1 aliphatic rings. The van der Waals surface area contributed by atoms with Gasteiger partial charge in [-0.15, -0.1) is 0 Å². The third-order valence-corrected chi connectivity index (χ3v) is 5.34. The summed E-state index contributed by atoms with van der Waals surface area (Å²) >= 11 is 0. The van der Waals surface area contributed by atoms with Gasteiger partial charge in [-0.05, 0) is 36.3 Å². The number of benzene rings is 2. The number of amides is 2. The third-order valence-electron chi connectivity index (χ3n) is 5.34. The first-order valence-electron chi connectivity index (χ1n) is 10.1. The standard InChI is InChI=1S/C23H23N5O3/c1-3-27-22(31)18-10-6-7-11-19(18)24-23(27)26-25-21(30)14-20-17-9-5-4-8-16(17)12-13-28(20)15(2)29/h4-13,20H,3,14H2,1-2H3,(H,24,26)(H,25,30). The molecule has 0 saturated carbocycles. The van der Waals surface area contributed by atoms with Crippen LogP contribution in [-0.4, -0.2) is 26.3 Å². The van der Waals surface area contributed by atoms with Crippen LogP contribution in [0, 0.1) is 0 Å². The number of hydrogen-bond donors (Lipinski definition) is 2. The molecule has 2 N–H and O–H groups in total. The molecule has 3 aromatic rings. The summed E-state index contributed by atoms with van der Waals surface area (Å²) in [6.07, 6.45) is 3.62. The molecule has 1 aromatic heterocycles. The van der Waals surface area contributed by atoms with Crippen LogP contribution in [0.2, 0.25) is 0 Å². The van der Waals surface area contributed by atoms with E-state index in [2.05, 4.69) is 15.8 Å². The molecule has 8 heteroatoms. The lowest BCUT2D eigenvalue weighted by molar-refractivity contribution is -0.129. The lowest BCUT2D eigenvalue weighted by Gasteiger charge is -2.32. The summed E-state index contributed by atoms with van der Waals surface area (Å²) in [5.41, 5.74) is 7.66. The maximum absolute atomic E-state index is 12.8. The number of aromatic nitrogens is 2. The summed E-state index contributed by atoms with van der Waals surface area (Å²) < 4.78 is 1.46. The topological polar surface area (TPSA) is 96.3 Å². The van der Waals surface area contributed by atoms with Crippen molar-refractivity contribution in [3.63, 3.8) is 0 Å². The molecule has 0 saturated heterocycles. The number of nitrogens with zero attached hydrogens (tertiary/aromatic N) is 3. The molecular formula is C23H23N5O3. The van der Waals surface area contributed by atoms with E-state index in [1.807, 2.05) is 37.3 Å². The van der Waals surface area contributed by atoms with Gasteiger partial charge in [-0.25, -0.2) is 4.98 Å². The van der Waals surface area contributed by atoms with E-state index in [0.717, 1.165) is 11.1 Å². The van der Waals surface area contributed by atoms with Crippen molar-refractivity contribution in [3.05, 3.63) is 76.2 Å². The molecule has 2 amide bonds. The Morgan fingerprint density at radius 3 is 2.61 bits per heavy atom. The normalized spacial score (nSPS) is 14.9.